The minimum absolute atomic E-state index is 0.159. The first-order valence-electron chi connectivity index (χ1n) is 8.26. The van der Waals surface area contributed by atoms with Crippen molar-refractivity contribution in [1.82, 2.24) is 0 Å². The summed E-state index contributed by atoms with van der Waals surface area (Å²) in [6, 6.07) is 10.7. The van der Waals surface area contributed by atoms with Crippen LogP contribution in [0, 0.1) is 10.1 Å². The van der Waals surface area contributed by atoms with Gasteiger partial charge in [0, 0.05) is 18.2 Å². The Kier molecular flexibility index (Phi) is 6.57. The summed E-state index contributed by atoms with van der Waals surface area (Å²) in [5, 5.41) is 11.0. The molecule has 0 unspecified atom stereocenters. The van der Waals surface area contributed by atoms with Gasteiger partial charge in [-0.25, -0.2) is 8.42 Å². The van der Waals surface area contributed by atoms with Gasteiger partial charge < -0.3 is 9.47 Å². The van der Waals surface area contributed by atoms with Crippen LogP contribution in [0.15, 0.2) is 53.4 Å². The Morgan fingerprint density at radius 3 is 2.46 bits per heavy atom. The maximum absolute atomic E-state index is 13.2. The quantitative estimate of drug-likeness (QED) is 0.374. The molecule has 0 amide bonds. The number of carbonyl (C=O) groups excluding carboxylic acids is 1. The number of ether oxygens (including phenoxy) is 2. The number of rotatable bonds is 8. The number of hydrogen-bond donors (Lipinski definition) is 0. The van der Waals surface area contributed by atoms with Crippen LogP contribution in [0.1, 0.15) is 13.8 Å². The summed E-state index contributed by atoms with van der Waals surface area (Å²) in [6.07, 6.45) is -0.430. The molecule has 150 valence electrons. The normalized spacial score (nSPS) is 11.1. The Morgan fingerprint density at radius 1 is 1.18 bits per heavy atom. The standard InChI is InChI=1S/C18H20N2O7S/c1-13(2)27-18(21)12-19(14-6-4-8-16(10-14)26-3)28(24,25)17-9-5-7-15(11-17)20(22)23/h4-11,13H,12H2,1-3H3. The number of methoxy groups -OCH3 is 1. The zero-order valence-corrected chi connectivity index (χ0v) is 16.4. The fraction of sp³-hybridized carbons (Fsp3) is 0.278. The third kappa shape index (κ3) is 4.97. The van der Waals surface area contributed by atoms with E-state index in [-0.39, 0.29) is 16.3 Å². The summed E-state index contributed by atoms with van der Waals surface area (Å²) in [6.45, 7) is 2.68. The average molecular weight is 408 g/mol. The van der Waals surface area contributed by atoms with E-state index in [2.05, 4.69) is 0 Å². The summed E-state index contributed by atoms with van der Waals surface area (Å²) in [7, 11) is -2.87. The molecule has 0 bridgehead atoms. The van der Waals surface area contributed by atoms with Gasteiger partial charge in [0.1, 0.15) is 12.3 Å². The summed E-state index contributed by atoms with van der Waals surface area (Å²) < 4.78 is 37.4. The molecule has 0 saturated carbocycles. The fourth-order valence-corrected chi connectivity index (χ4v) is 3.82. The number of non-ortho nitro benzene ring substituents is 1. The Morgan fingerprint density at radius 2 is 1.86 bits per heavy atom. The predicted octanol–water partition coefficient (Wildman–Crippen LogP) is 2.75. The third-order valence-corrected chi connectivity index (χ3v) is 5.37. The summed E-state index contributed by atoms with van der Waals surface area (Å²) in [5.41, 5.74) is -0.219. The van der Waals surface area contributed by atoms with Crippen LogP contribution >= 0.6 is 0 Å². The zero-order valence-electron chi connectivity index (χ0n) is 15.6. The second-order valence-corrected chi connectivity index (χ2v) is 7.87. The molecule has 2 aromatic carbocycles. The average Bonchev–Trinajstić information content (AvgIpc) is 2.65. The maximum Gasteiger partial charge on any atom is 0.327 e. The van der Waals surface area contributed by atoms with E-state index in [0.717, 1.165) is 10.4 Å². The van der Waals surface area contributed by atoms with Crippen molar-refractivity contribution < 1.29 is 27.6 Å². The van der Waals surface area contributed by atoms with E-state index in [4.69, 9.17) is 9.47 Å². The van der Waals surface area contributed by atoms with Crippen LogP contribution < -0.4 is 9.04 Å². The number of sulfonamides is 1. The Labute approximate surface area is 162 Å². The molecule has 10 heteroatoms. The van der Waals surface area contributed by atoms with Gasteiger partial charge in [-0.1, -0.05) is 12.1 Å². The van der Waals surface area contributed by atoms with Crippen molar-refractivity contribution in [2.75, 3.05) is 18.0 Å². The number of nitrogens with zero attached hydrogens (tertiary/aromatic N) is 2. The molecular formula is C18H20N2O7S. The minimum atomic E-state index is -4.29. The molecule has 2 aromatic rings. The molecule has 0 N–H and O–H groups in total. The smallest absolute Gasteiger partial charge is 0.327 e. The molecule has 28 heavy (non-hydrogen) atoms. The fourth-order valence-electron chi connectivity index (χ4n) is 2.38. The highest BCUT2D eigenvalue weighted by Crippen LogP contribution is 2.28. The van der Waals surface area contributed by atoms with Gasteiger partial charge in [0.25, 0.3) is 15.7 Å². The minimum Gasteiger partial charge on any atom is -0.497 e. The van der Waals surface area contributed by atoms with Crippen LogP contribution in [0.3, 0.4) is 0 Å². The van der Waals surface area contributed by atoms with Crippen LogP contribution in [0.2, 0.25) is 0 Å². The Balaban J connectivity index is 2.54. The Bertz CT molecular complexity index is 973. The zero-order chi connectivity index (χ0) is 20.9. The lowest BCUT2D eigenvalue weighted by Crippen LogP contribution is -2.37. The predicted molar refractivity (Wildman–Crippen MR) is 102 cm³/mol. The van der Waals surface area contributed by atoms with Crippen molar-refractivity contribution in [2.24, 2.45) is 0 Å². The van der Waals surface area contributed by atoms with E-state index < -0.39 is 33.6 Å². The molecule has 0 saturated heterocycles. The number of nitro benzene ring substituents is 1. The lowest BCUT2D eigenvalue weighted by molar-refractivity contribution is -0.385. The molecule has 0 heterocycles. The first-order valence-corrected chi connectivity index (χ1v) is 9.70. The third-order valence-electron chi connectivity index (χ3n) is 3.60. The van der Waals surface area contributed by atoms with Gasteiger partial charge in [-0.15, -0.1) is 0 Å². The second-order valence-electron chi connectivity index (χ2n) is 6.01. The van der Waals surface area contributed by atoms with Gasteiger partial charge in [0.15, 0.2) is 0 Å². The van der Waals surface area contributed by atoms with Crippen molar-refractivity contribution >= 4 is 27.4 Å². The number of esters is 1. The van der Waals surface area contributed by atoms with Gasteiger partial charge in [-0.3, -0.25) is 19.2 Å². The first-order chi connectivity index (χ1) is 13.1. The van der Waals surface area contributed by atoms with Gasteiger partial charge in [-0.2, -0.15) is 0 Å². The SMILES string of the molecule is COc1cccc(N(CC(=O)OC(C)C)S(=O)(=O)c2cccc([N+](=O)[O-])c2)c1. The highest BCUT2D eigenvalue weighted by atomic mass is 32.2. The van der Waals surface area contributed by atoms with Crippen molar-refractivity contribution in [2.45, 2.75) is 24.8 Å². The first kappa shape index (κ1) is 21.2. The highest BCUT2D eigenvalue weighted by molar-refractivity contribution is 7.92. The van der Waals surface area contributed by atoms with Crippen LogP contribution in [0.25, 0.3) is 0 Å². The maximum atomic E-state index is 13.2. The van der Waals surface area contributed by atoms with Crippen molar-refractivity contribution in [3.8, 4) is 5.75 Å². The van der Waals surface area contributed by atoms with Crippen molar-refractivity contribution in [3.63, 3.8) is 0 Å². The van der Waals surface area contributed by atoms with Gasteiger partial charge >= 0.3 is 5.97 Å². The molecule has 9 nitrogen and oxygen atoms in total. The molecule has 0 aliphatic carbocycles. The molecule has 0 spiro atoms. The molecule has 2 rings (SSSR count). The van der Waals surface area contributed by atoms with E-state index in [1.165, 1.54) is 37.4 Å². The molecule has 0 atom stereocenters. The number of anilines is 1. The molecule has 0 aliphatic heterocycles. The number of carbonyl (C=O) groups is 1. The van der Waals surface area contributed by atoms with Crippen LogP contribution in [-0.4, -0.2) is 39.1 Å². The van der Waals surface area contributed by atoms with Gasteiger partial charge in [0.05, 0.1) is 28.7 Å². The highest BCUT2D eigenvalue weighted by Gasteiger charge is 2.29. The van der Waals surface area contributed by atoms with E-state index in [0.29, 0.717) is 5.75 Å². The summed E-state index contributed by atoms with van der Waals surface area (Å²) in [4.78, 5) is 22.2. The number of nitro groups is 1. The van der Waals surface area contributed by atoms with Gasteiger partial charge in [0.2, 0.25) is 0 Å². The Hall–Kier alpha value is -3.14. The lowest BCUT2D eigenvalue weighted by Gasteiger charge is -2.24. The second kappa shape index (κ2) is 8.70. The van der Waals surface area contributed by atoms with E-state index in [1.54, 1.807) is 26.0 Å². The molecule has 0 aromatic heterocycles. The monoisotopic (exact) mass is 408 g/mol. The number of hydrogen-bond acceptors (Lipinski definition) is 7. The van der Waals surface area contributed by atoms with Crippen molar-refractivity contribution in [1.29, 1.82) is 0 Å². The van der Waals surface area contributed by atoms with Gasteiger partial charge in [-0.05, 0) is 32.0 Å². The molecule has 0 fully saturated rings. The number of benzene rings is 2. The van der Waals surface area contributed by atoms with E-state index in [1.807, 2.05) is 0 Å². The van der Waals surface area contributed by atoms with E-state index >= 15 is 0 Å². The van der Waals surface area contributed by atoms with E-state index in [9.17, 15) is 23.3 Å². The van der Waals surface area contributed by atoms with Crippen LogP contribution in [-0.2, 0) is 19.6 Å². The van der Waals surface area contributed by atoms with Crippen LogP contribution in [0.4, 0.5) is 11.4 Å². The molecule has 0 aliphatic rings. The summed E-state index contributed by atoms with van der Waals surface area (Å²) >= 11 is 0. The largest absolute Gasteiger partial charge is 0.497 e. The lowest BCUT2D eigenvalue weighted by atomic mass is 10.3. The van der Waals surface area contributed by atoms with Crippen LogP contribution in [0.5, 0.6) is 5.75 Å². The molecule has 0 radical (unpaired) electrons. The molecular weight excluding hydrogens is 388 g/mol. The van der Waals surface area contributed by atoms with Crippen molar-refractivity contribution in [3.05, 3.63) is 58.6 Å². The summed E-state index contributed by atoms with van der Waals surface area (Å²) in [5.74, 6) is -0.374. The topological polar surface area (TPSA) is 116 Å².